The van der Waals surface area contributed by atoms with E-state index in [1.165, 1.54) is 10.5 Å². The van der Waals surface area contributed by atoms with Gasteiger partial charge in [-0.1, -0.05) is 24.3 Å². The molecule has 1 N–H and O–H groups in total. The topological polar surface area (TPSA) is 66.8 Å². The summed E-state index contributed by atoms with van der Waals surface area (Å²) in [5.74, 6) is -1.06. The van der Waals surface area contributed by atoms with Gasteiger partial charge in [-0.25, -0.2) is 4.79 Å². The highest BCUT2D eigenvalue weighted by Crippen LogP contribution is 2.34. The lowest BCUT2D eigenvalue weighted by Crippen LogP contribution is -2.51. The third-order valence-corrected chi connectivity index (χ3v) is 4.86. The van der Waals surface area contributed by atoms with E-state index in [4.69, 9.17) is 4.74 Å². The number of fused-ring (bicyclic) bond motifs is 1. The second-order valence-electron chi connectivity index (χ2n) is 6.24. The first kappa shape index (κ1) is 15.0. The number of ether oxygens (including phenoxy) is 1. The fourth-order valence-corrected chi connectivity index (χ4v) is 3.50. The van der Waals surface area contributed by atoms with Gasteiger partial charge in [0.2, 0.25) is 5.91 Å². The zero-order valence-electron chi connectivity index (χ0n) is 12.7. The molecule has 2 atom stereocenters. The molecule has 2 heterocycles. The van der Waals surface area contributed by atoms with Crippen molar-refractivity contribution in [1.29, 1.82) is 0 Å². The largest absolute Gasteiger partial charge is 0.480 e. The number of hydrogen-bond donors (Lipinski definition) is 1. The molecule has 0 saturated carbocycles. The zero-order chi connectivity index (χ0) is 15.7. The van der Waals surface area contributed by atoms with Crippen molar-refractivity contribution >= 4 is 11.9 Å². The van der Waals surface area contributed by atoms with Crippen molar-refractivity contribution in [3.05, 3.63) is 35.4 Å². The first-order valence-corrected chi connectivity index (χ1v) is 7.75. The molecule has 2 aliphatic rings. The molecule has 1 saturated heterocycles. The average Bonchev–Trinajstić information content (AvgIpc) is 2.91. The number of benzene rings is 1. The fourth-order valence-electron chi connectivity index (χ4n) is 3.50. The van der Waals surface area contributed by atoms with E-state index in [-0.39, 0.29) is 18.4 Å². The summed E-state index contributed by atoms with van der Waals surface area (Å²) in [6.45, 7) is 2.75. The van der Waals surface area contributed by atoms with Gasteiger partial charge in [0, 0.05) is 6.54 Å². The maximum Gasteiger partial charge on any atom is 0.329 e. The number of carboxylic acid groups (broad SMARTS) is 1. The van der Waals surface area contributed by atoms with E-state index in [0.717, 1.165) is 18.4 Å². The minimum absolute atomic E-state index is 0.135. The smallest absolute Gasteiger partial charge is 0.329 e. The number of aliphatic carboxylic acids is 1. The number of nitrogens with zero attached hydrogens (tertiary/aromatic N) is 1. The van der Waals surface area contributed by atoms with Crippen LogP contribution in [0.15, 0.2) is 24.3 Å². The lowest BCUT2D eigenvalue weighted by atomic mass is 9.94. The molecule has 22 heavy (non-hydrogen) atoms. The Hall–Kier alpha value is -1.88. The molecule has 3 rings (SSSR count). The van der Waals surface area contributed by atoms with Gasteiger partial charge in [-0.2, -0.15) is 0 Å². The molecule has 0 bridgehead atoms. The molecule has 2 aliphatic heterocycles. The quantitative estimate of drug-likeness (QED) is 0.929. The SMILES string of the molecule is CC1(C(=O)O)CCCN1C(=O)CC1OCCc2ccccc21. The Morgan fingerprint density at radius 1 is 1.41 bits per heavy atom. The van der Waals surface area contributed by atoms with Crippen LogP contribution in [-0.4, -0.2) is 40.6 Å². The molecule has 1 fully saturated rings. The lowest BCUT2D eigenvalue weighted by Gasteiger charge is -2.33. The first-order valence-electron chi connectivity index (χ1n) is 7.75. The van der Waals surface area contributed by atoms with E-state index in [1.807, 2.05) is 18.2 Å². The van der Waals surface area contributed by atoms with E-state index in [0.29, 0.717) is 19.6 Å². The fraction of sp³-hybridized carbons (Fsp3) is 0.529. The summed E-state index contributed by atoms with van der Waals surface area (Å²) in [5.41, 5.74) is 1.19. The first-order chi connectivity index (χ1) is 10.5. The summed E-state index contributed by atoms with van der Waals surface area (Å²) >= 11 is 0. The van der Waals surface area contributed by atoms with Gasteiger partial charge < -0.3 is 14.7 Å². The van der Waals surface area contributed by atoms with Crippen molar-refractivity contribution in [3.8, 4) is 0 Å². The molecule has 0 aliphatic carbocycles. The molecule has 1 amide bonds. The van der Waals surface area contributed by atoms with Gasteiger partial charge in [-0.05, 0) is 37.3 Å². The van der Waals surface area contributed by atoms with Crippen LogP contribution in [0, 0.1) is 0 Å². The number of carbonyl (C=O) groups is 2. The van der Waals surface area contributed by atoms with Crippen molar-refractivity contribution in [3.63, 3.8) is 0 Å². The number of carboxylic acids is 1. The molecule has 0 spiro atoms. The van der Waals surface area contributed by atoms with Crippen LogP contribution in [0.3, 0.4) is 0 Å². The van der Waals surface area contributed by atoms with E-state index in [2.05, 4.69) is 6.07 Å². The Labute approximate surface area is 129 Å². The molecule has 1 aromatic rings. The Balaban J connectivity index is 1.77. The van der Waals surface area contributed by atoms with Crippen molar-refractivity contribution in [2.75, 3.05) is 13.2 Å². The monoisotopic (exact) mass is 303 g/mol. The highest BCUT2D eigenvalue weighted by atomic mass is 16.5. The van der Waals surface area contributed by atoms with E-state index >= 15 is 0 Å². The predicted octanol–water partition coefficient (Wildman–Crippen LogP) is 2.16. The predicted molar refractivity (Wildman–Crippen MR) is 80.4 cm³/mol. The Morgan fingerprint density at radius 3 is 2.95 bits per heavy atom. The summed E-state index contributed by atoms with van der Waals surface area (Å²) in [5, 5.41) is 9.43. The third kappa shape index (κ3) is 2.50. The van der Waals surface area contributed by atoms with Crippen LogP contribution in [0.25, 0.3) is 0 Å². The second-order valence-corrected chi connectivity index (χ2v) is 6.24. The number of rotatable bonds is 3. The van der Waals surface area contributed by atoms with Crippen LogP contribution in [0.2, 0.25) is 0 Å². The van der Waals surface area contributed by atoms with Crippen LogP contribution >= 0.6 is 0 Å². The summed E-state index contributed by atoms with van der Waals surface area (Å²) in [7, 11) is 0. The Bertz CT molecular complexity index is 600. The summed E-state index contributed by atoms with van der Waals surface area (Å²) in [6.07, 6.45) is 2.04. The molecule has 5 nitrogen and oxygen atoms in total. The van der Waals surface area contributed by atoms with Crippen LogP contribution in [0.1, 0.15) is 43.4 Å². The van der Waals surface area contributed by atoms with Gasteiger partial charge >= 0.3 is 5.97 Å². The molecule has 2 unspecified atom stereocenters. The standard InChI is InChI=1S/C17H21NO4/c1-17(16(20)21)8-4-9-18(17)15(19)11-14-13-6-3-2-5-12(13)7-10-22-14/h2-3,5-6,14H,4,7-11H2,1H3,(H,20,21). The lowest BCUT2D eigenvalue weighted by molar-refractivity contribution is -0.156. The zero-order valence-corrected chi connectivity index (χ0v) is 12.7. The molecule has 118 valence electrons. The van der Waals surface area contributed by atoms with Gasteiger partial charge in [0.25, 0.3) is 0 Å². The van der Waals surface area contributed by atoms with Crippen molar-refractivity contribution < 1.29 is 19.4 Å². The van der Waals surface area contributed by atoms with E-state index in [1.54, 1.807) is 6.92 Å². The number of amides is 1. The number of carbonyl (C=O) groups excluding carboxylic acids is 1. The Morgan fingerprint density at radius 2 is 2.18 bits per heavy atom. The van der Waals surface area contributed by atoms with Gasteiger partial charge in [-0.3, -0.25) is 4.79 Å². The van der Waals surface area contributed by atoms with Crippen LogP contribution in [0.4, 0.5) is 0 Å². The summed E-state index contributed by atoms with van der Waals surface area (Å²) < 4.78 is 5.77. The minimum Gasteiger partial charge on any atom is -0.480 e. The van der Waals surface area contributed by atoms with Gasteiger partial charge in [-0.15, -0.1) is 0 Å². The van der Waals surface area contributed by atoms with Crippen LogP contribution < -0.4 is 0 Å². The molecular weight excluding hydrogens is 282 g/mol. The maximum atomic E-state index is 12.6. The van der Waals surface area contributed by atoms with Crippen LogP contribution in [-0.2, 0) is 20.7 Å². The molecule has 0 radical (unpaired) electrons. The third-order valence-electron chi connectivity index (χ3n) is 4.86. The summed E-state index contributed by atoms with van der Waals surface area (Å²) in [4.78, 5) is 25.6. The molecule has 5 heteroatoms. The van der Waals surface area contributed by atoms with Gasteiger partial charge in [0.1, 0.15) is 5.54 Å². The van der Waals surface area contributed by atoms with Gasteiger partial charge in [0.15, 0.2) is 0 Å². The van der Waals surface area contributed by atoms with Crippen molar-refractivity contribution in [2.24, 2.45) is 0 Å². The Kier molecular flexibility index (Phi) is 3.91. The molecule has 1 aromatic carbocycles. The van der Waals surface area contributed by atoms with E-state index < -0.39 is 11.5 Å². The van der Waals surface area contributed by atoms with Crippen molar-refractivity contribution in [2.45, 2.75) is 44.2 Å². The van der Waals surface area contributed by atoms with Crippen LogP contribution in [0.5, 0.6) is 0 Å². The summed E-state index contributed by atoms with van der Waals surface area (Å²) in [6, 6.07) is 7.99. The highest BCUT2D eigenvalue weighted by molar-refractivity contribution is 5.87. The minimum atomic E-state index is -1.08. The van der Waals surface area contributed by atoms with Crippen molar-refractivity contribution in [1.82, 2.24) is 4.90 Å². The highest BCUT2D eigenvalue weighted by Gasteiger charge is 2.46. The molecule has 0 aromatic heterocycles. The number of likely N-dealkylation sites (tertiary alicyclic amines) is 1. The average molecular weight is 303 g/mol. The second kappa shape index (κ2) is 5.72. The normalized spacial score (nSPS) is 27.5. The molecular formula is C17H21NO4. The number of hydrogen-bond acceptors (Lipinski definition) is 3. The van der Waals surface area contributed by atoms with Gasteiger partial charge in [0.05, 0.1) is 19.1 Å². The van der Waals surface area contributed by atoms with E-state index in [9.17, 15) is 14.7 Å². The maximum absolute atomic E-state index is 12.6.